The normalized spacial score (nSPS) is 16.4. The molecule has 1 fully saturated rings. The molecule has 1 aromatic heterocycles. The minimum Gasteiger partial charge on any atom is -0.484 e. The number of halogens is 1. The Kier molecular flexibility index (Phi) is 6.73. The molecule has 1 aliphatic heterocycles. The zero-order valence-electron chi connectivity index (χ0n) is 14.1. The molecular weight excluding hydrogens is 356 g/mol. The molecule has 0 aliphatic carbocycles. The Morgan fingerprint density at radius 3 is 2.80 bits per heavy atom. The molecule has 0 saturated carbocycles. The van der Waals surface area contributed by atoms with Gasteiger partial charge in [0.1, 0.15) is 5.75 Å². The van der Waals surface area contributed by atoms with E-state index in [2.05, 4.69) is 27.7 Å². The highest BCUT2D eigenvalue weighted by atomic mass is 35.5. The number of nitrogens with zero attached hydrogens (tertiary/aromatic N) is 1. The van der Waals surface area contributed by atoms with Crippen molar-refractivity contribution in [3.63, 3.8) is 0 Å². The number of hydrogen-bond acceptors (Lipinski definition) is 4. The number of carbonyl (C=O) groups excluding carboxylic acids is 1. The third-order valence-corrected chi connectivity index (χ3v) is 5.57. The summed E-state index contributed by atoms with van der Waals surface area (Å²) in [4.78, 5) is 16.0. The number of thiophene rings is 1. The minimum atomic E-state index is -0.112. The van der Waals surface area contributed by atoms with Crippen molar-refractivity contribution < 1.29 is 9.53 Å². The fraction of sp³-hybridized carbons (Fsp3) is 0.421. The minimum absolute atomic E-state index is 0.00248. The Balaban J connectivity index is 1.52. The standard InChI is InChI=1S/C19H23ClN2O2S/c20-15-6-4-7-16(12-15)24-14-19(23)21-13-17(18-8-5-11-25-18)22-9-2-1-3-10-22/h4-8,11-12,17H,1-3,9-10,13-14H2,(H,21,23). The number of piperidine rings is 1. The van der Waals surface area contributed by atoms with Crippen molar-refractivity contribution in [3.8, 4) is 5.75 Å². The summed E-state index contributed by atoms with van der Waals surface area (Å²) in [6.07, 6.45) is 3.76. The molecule has 1 saturated heterocycles. The first-order valence-electron chi connectivity index (χ1n) is 8.65. The van der Waals surface area contributed by atoms with Crippen LogP contribution in [-0.4, -0.2) is 37.0 Å². The molecule has 6 heteroatoms. The van der Waals surface area contributed by atoms with Crippen LogP contribution in [0.3, 0.4) is 0 Å². The van der Waals surface area contributed by atoms with Crippen molar-refractivity contribution in [2.45, 2.75) is 25.3 Å². The van der Waals surface area contributed by atoms with E-state index < -0.39 is 0 Å². The summed E-state index contributed by atoms with van der Waals surface area (Å²) in [7, 11) is 0. The molecule has 4 nitrogen and oxygen atoms in total. The Morgan fingerprint density at radius 2 is 2.08 bits per heavy atom. The average Bonchev–Trinajstić information content (AvgIpc) is 3.15. The second-order valence-corrected chi connectivity index (χ2v) is 7.59. The third kappa shape index (κ3) is 5.46. The van der Waals surface area contributed by atoms with Crippen LogP contribution in [0.5, 0.6) is 5.75 Å². The molecule has 1 N–H and O–H groups in total. The Morgan fingerprint density at radius 1 is 1.24 bits per heavy atom. The topological polar surface area (TPSA) is 41.6 Å². The van der Waals surface area contributed by atoms with Crippen molar-refractivity contribution in [2.75, 3.05) is 26.2 Å². The molecule has 25 heavy (non-hydrogen) atoms. The lowest BCUT2D eigenvalue weighted by atomic mass is 10.1. The molecule has 0 radical (unpaired) electrons. The first kappa shape index (κ1) is 18.2. The van der Waals surface area contributed by atoms with E-state index in [0.29, 0.717) is 17.3 Å². The van der Waals surface area contributed by atoms with E-state index in [9.17, 15) is 4.79 Å². The van der Waals surface area contributed by atoms with Gasteiger partial charge in [0.15, 0.2) is 6.61 Å². The SMILES string of the molecule is O=C(COc1cccc(Cl)c1)NCC(c1cccs1)N1CCCCC1. The summed E-state index contributed by atoms with van der Waals surface area (Å²) >= 11 is 7.67. The summed E-state index contributed by atoms with van der Waals surface area (Å²) in [5, 5.41) is 5.71. The van der Waals surface area contributed by atoms with Crippen LogP contribution in [0.4, 0.5) is 0 Å². The van der Waals surface area contributed by atoms with Gasteiger partial charge in [0.05, 0.1) is 6.04 Å². The summed E-state index contributed by atoms with van der Waals surface area (Å²) in [5.74, 6) is 0.493. The second kappa shape index (κ2) is 9.22. The van der Waals surface area contributed by atoms with Crippen molar-refractivity contribution in [1.82, 2.24) is 10.2 Å². The molecule has 2 aromatic rings. The van der Waals surface area contributed by atoms with E-state index in [4.69, 9.17) is 16.3 Å². The van der Waals surface area contributed by atoms with E-state index in [1.807, 2.05) is 0 Å². The molecule has 1 aliphatic rings. The summed E-state index contributed by atoms with van der Waals surface area (Å²) in [6.45, 7) is 2.80. The van der Waals surface area contributed by atoms with Crippen molar-refractivity contribution in [3.05, 3.63) is 51.7 Å². The van der Waals surface area contributed by atoms with Gasteiger partial charge in [-0.25, -0.2) is 0 Å². The first-order valence-corrected chi connectivity index (χ1v) is 9.90. The van der Waals surface area contributed by atoms with Gasteiger partial charge in [0, 0.05) is 16.4 Å². The van der Waals surface area contributed by atoms with Gasteiger partial charge in [-0.2, -0.15) is 0 Å². The Labute approximate surface area is 157 Å². The fourth-order valence-electron chi connectivity index (χ4n) is 3.09. The first-order chi connectivity index (χ1) is 12.2. The number of benzene rings is 1. The number of nitrogens with one attached hydrogen (secondary N) is 1. The highest BCUT2D eigenvalue weighted by molar-refractivity contribution is 7.10. The van der Waals surface area contributed by atoms with E-state index in [1.165, 1.54) is 24.1 Å². The lowest BCUT2D eigenvalue weighted by Gasteiger charge is -2.34. The predicted molar refractivity (Wildman–Crippen MR) is 102 cm³/mol. The average molecular weight is 379 g/mol. The van der Waals surface area contributed by atoms with Crippen molar-refractivity contribution in [2.24, 2.45) is 0 Å². The van der Waals surface area contributed by atoms with Gasteiger partial charge in [-0.05, 0) is 55.6 Å². The lowest BCUT2D eigenvalue weighted by Crippen LogP contribution is -2.41. The molecule has 134 valence electrons. The molecule has 1 aromatic carbocycles. The van der Waals surface area contributed by atoms with E-state index in [0.717, 1.165) is 13.1 Å². The number of likely N-dealkylation sites (tertiary alicyclic amines) is 1. The second-order valence-electron chi connectivity index (χ2n) is 6.18. The molecule has 1 atom stereocenters. The van der Waals surface area contributed by atoms with Crippen LogP contribution in [-0.2, 0) is 4.79 Å². The molecule has 0 spiro atoms. The van der Waals surface area contributed by atoms with E-state index >= 15 is 0 Å². The predicted octanol–water partition coefficient (Wildman–Crippen LogP) is 4.12. The van der Waals surface area contributed by atoms with Crippen LogP contribution in [0, 0.1) is 0 Å². The molecular formula is C19H23ClN2O2S. The maximum absolute atomic E-state index is 12.2. The zero-order chi connectivity index (χ0) is 17.5. The van der Waals surface area contributed by atoms with E-state index in [1.54, 1.807) is 35.6 Å². The fourth-order valence-corrected chi connectivity index (χ4v) is 4.13. The number of ether oxygens (including phenoxy) is 1. The maximum atomic E-state index is 12.2. The van der Waals surface area contributed by atoms with Gasteiger partial charge in [0.25, 0.3) is 5.91 Å². The summed E-state index contributed by atoms with van der Waals surface area (Å²) in [5.41, 5.74) is 0. The van der Waals surface area contributed by atoms with Gasteiger partial charge in [0.2, 0.25) is 0 Å². The van der Waals surface area contributed by atoms with Crippen LogP contribution >= 0.6 is 22.9 Å². The van der Waals surface area contributed by atoms with Gasteiger partial charge in [-0.1, -0.05) is 30.2 Å². The van der Waals surface area contributed by atoms with Crippen LogP contribution in [0.1, 0.15) is 30.2 Å². The third-order valence-electron chi connectivity index (χ3n) is 4.36. The van der Waals surface area contributed by atoms with Crippen LogP contribution in [0.15, 0.2) is 41.8 Å². The number of amides is 1. The molecule has 3 rings (SSSR count). The molecule has 1 amide bonds. The van der Waals surface area contributed by atoms with Crippen LogP contribution in [0.2, 0.25) is 5.02 Å². The van der Waals surface area contributed by atoms with Gasteiger partial charge < -0.3 is 10.1 Å². The number of carbonyl (C=O) groups is 1. The highest BCUT2D eigenvalue weighted by Gasteiger charge is 2.23. The van der Waals surface area contributed by atoms with Crippen molar-refractivity contribution >= 4 is 28.8 Å². The van der Waals surface area contributed by atoms with Crippen LogP contribution in [0.25, 0.3) is 0 Å². The smallest absolute Gasteiger partial charge is 0.258 e. The number of hydrogen-bond donors (Lipinski definition) is 1. The van der Waals surface area contributed by atoms with Gasteiger partial charge in [-0.15, -0.1) is 11.3 Å². The Hall–Kier alpha value is -1.56. The van der Waals surface area contributed by atoms with Gasteiger partial charge in [-0.3, -0.25) is 9.69 Å². The monoisotopic (exact) mass is 378 g/mol. The summed E-state index contributed by atoms with van der Waals surface area (Å²) < 4.78 is 5.51. The molecule has 2 heterocycles. The zero-order valence-corrected chi connectivity index (χ0v) is 15.7. The van der Waals surface area contributed by atoms with Crippen LogP contribution < -0.4 is 10.1 Å². The van der Waals surface area contributed by atoms with Crippen molar-refractivity contribution in [1.29, 1.82) is 0 Å². The largest absolute Gasteiger partial charge is 0.484 e. The summed E-state index contributed by atoms with van der Waals surface area (Å²) in [6, 6.07) is 11.5. The Bertz CT molecular complexity index is 672. The maximum Gasteiger partial charge on any atom is 0.258 e. The molecule has 1 unspecified atom stereocenters. The molecule has 0 bridgehead atoms. The highest BCUT2D eigenvalue weighted by Crippen LogP contribution is 2.27. The number of rotatable bonds is 7. The quantitative estimate of drug-likeness (QED) is 0.787. The van der Waals surface area contributed by atoms with E-state index in [-0.39, 0.29) is 18.6 Å². The lowest BCUT2D eigenvalue weighted by molar-refractivity contribution is -0.123. The van der Waals surface area contributed by atoms with Gasteiger partial charge >= 0.3 is 0 Å².